The Bertz CT molecular complexity index is 290. The lowest BCUT2D eigenvalue weighted by molar-refractivity contribution is 0.254. The smallest absolute Gasteiger partial charge is 0.416 e. The molecule has 0 aromatic rings. The van der Waals surface area contributed by atoms with E-state index < -0.39 is 33.8 Å². The van der Waals surface area contributed by atoms with Gasteiger partial charge in [-0.3, -0.25) is 0 Å². The van der Waals surface area contributed by atoms with Crippen molar-refractivity contribution >= 4 is 33.8 Å². The van der Waals surface area contributed by atoms with E-state index >= 15 is 0 Å². The van der Waals surface area contributed by atoms with Crippen LogP contribution in [0.2, 0.25) is 62.5 Å². The molecule has 0 rings (SSSR count). The van der Waals surface area contributed by atoms with Crippen LogP contribution in [0.25, 0.3) is 0 Å². The molecule has 0 aromatic carbocycles. The highest BCUT2D eigenvalue weighted by atomic mass is 28.5. The zero-order valence-corrected chi connectivity index (χ0v) is 21.5. The summed E-state index contributed by atoms with van der Waals surface area (Å²) in [5.74, 6) is 0. The van der Waals surface area contributed by atoms with Crippen molar-refractivity contribution in [2.75, 3.05) is 0 Å². The summed E-state index contributed by atoms with van der Waals surface area (Å²) in [6.07, 6.45) is 0. The average Bonchev–Trinajstić information content (AvgIpc) is 2.53. The van der Waals surface area contributed by atoms with E-state index in [1.165, 1.54) is 0 Å². The minimum atomic E-state index is -2.60. The third kappa shape index (κ3) is 7.25. The van der Waals surface area contributed by atoms with E-state index in [9.17, 15) is 0 Å². The number of rotatable bonds is 12. The molecule has 0 aliphatic carbocycles. The van der Waals surface area contributed by atoms with Crippen molar-refractivity contribution in [2.45, 2.75) is 104 Å². The average molecular weight is 395 g/mol. The standard InChI is InChI=1S/C16H42O3Si4/c1-11-20(7,12-2)17-23(10,18-21(8,13-3)14-4)19-22(9,15-5)16-6/h11-16H2,1-10H3. The molecule has 0 saturated heterocycles. The second-order valence-electron chi connectivity index (χ2n) is 7.64. The van der Waals surface area contributed by atoms with Gasteiger partial charge in [0.15, 0.2) is 25.0 Å². The van der Waals surface area contributed by atoms with Crippen molar-refractivity contribution in [3.63, 3.8) is 0 Å². The highest BCUT2D eigenvalue weighted by molar-refractivity contribution is 6.91. The third-order valence-corrected chi connectivity index (χ3v) is 25.1. The van der Waals surface area contributed by atoms with Gasteiger partial charge in [-0.15, -0.1) is 0 Å². The molecule has 0 fully saturated rings. The summed E-state index contributed by atoms with van der Waals surface area (Å²) in [5.41, 5.74) is 0. The maximum absolute atomic E-state index is 6.83. The lowest BCUT2D eigenvalue weighted by Gasteiger charge is -2.44. The van der Waals surface area contributed by atoms with Crippen molar-refractivity contribution in [1.29, 1.82) is 0 Å². The van der Waals surface area contributed by atoms with Crippen molar-refractivity contribution in [1.82, 2.24) is 0 Å². The first-order chi connectivity index (χ1) is 10.5. The molecule has 0 aromatic heterocycles. The normalized spacial score (nSPS) is 14.3. The Morgan fingerprint density at radius 3 is 0.739 bits per heavy atom. The minimum Gasteiger partial charge on any atom is -0.416 e. The maximum Gasteiger partial charge on any atom is 0.466 e. The predicted molar refractivity (Wildman–Crippen MR) is 113 cm³/mol. The molecule has 0 atom stereocenters. The SMILES string of the molecule is CC[Si](C)(CC)O[Si](C)(O[Si](C)(CC)CC)O[Si](C)(CC)CC. The van der Waals surface area contributed by atoms with Gasteiger partial charge in [0, 0.05) is 6.55 Å². The van der Waals surface area contributed by atoms with E-state index in [1.807, 2.05) is 0 Å². The highest BCUT2D eigenvalue weighted by Gasteiger charge is 2.49. The topological polar surface area (TPSA) is 27.7 Å². The van der Waals surface area contributed by atoms with Crippen LogP contribution in [0.3, 0.4) is 0 Å². The molecule has 0 bridgehead atoms. The largest absolute Gasteiger partial charge is 0.466 e. The van der Waals surface area contributed by atoms with Crippen LogP contribution in [0.15, 0.2) is 0 Å². The molecule has 0 radical (unpaired) electrons. The zero-order valence-electron chi connectivity index (χ0n) is 17.5. The quantitative estimate of drug-likeness (QED) is 0.356. The van der Waals surface area contributed by atoms with Gasteiger partial charge < -0.3 is 12.3 Å². The van der Waals surface area contributed by atoms with Gasteiger partial charge in [-0.1, -0.05) is 41.5 Å². The van der Waals surface area contributed by atoms with E-state index in [-0.39, 0.29) is 0 Å². The van der Waals surface area contributed by atoms with E-state index in [0.29, 0.717) is 0 Å². The van der Waals surface area contributed by atoms with E-state index in [0.717, 1.165) is 36.3 Å². The van der Waals surface area contributed by atoms with Crippen molar-refractivity contribution in [3.05, 3.63) is 0 Å². The van der Waals surface area contributed by atoms with Crippen LogP contribution in [0.5, 0.6) is 0 Å². The molecule has 7 heteroatoms. The summed E-state index contributed by atoms with van der Waals surface area (Å²) < 4.78 is 20.5. The molecule has 0 aliphatic rings. The Morgan fingerprint density at radius 1 is 0.435 bits per heavy atom. The first-order valence-corrected chi connectivity index (χ1v) is 20.3. The molecular formula is C16H42O3Si4. The van der Waals surface area contributed by atoms with Crippen molar-refractivity contribution in [2.24, 2.45) is 0 Å². The van der Waals surface area contributed by atoms with E-state index in [4.69, 9.17) is 12.3 Å². The summed E-state index contributed by atoms with van der Waals surface area (Å²) >= 11 is 0. The Kier molecular flexibility index (Phi) is 9.75. The summed E-state index contributed by atoms with van der Waals surface area (Å²) in [6, 6.07) is 6.78. The minimum absolute atomic E-state index is 1.13. The molecular weight excluding hydrogens is 353 g/mol. The van der Waals surface area contributed by atoms with Gasteiger partial charge in [0.25, 0.3) is 0 Å². The fraction of sp³-hybridized carbons (Fsp3) is 1.00. The Labute approximate surface area is 150 Å². The third-order valence-electron chi connectivity index (χ3n) is 5.78. The zero-order chi connectivity index (χ0) is 18.4. The van der Waals surface area contributed by atoms with Crippen LogP contribution < -0.4 is 0 Å². The van der Waals surface area contributed by atoms with Gasteiger partial charge in [-0.2, -0.15) is 0 Å². The summed E-state index contributed by atoms with van der Waals surface area (Å²) in [7, 11) is -7.78. The molecule has 0 amide bonds. The molecule has 0 aliphatic heterocycles. The maximum atomic E-state index is 6.83. The molecule has 23 heavy (non-hydrogen) atoms. The Hall–Kier alpha value is 0.748. The van der Waals surface area contributed by atoms with E-state index in [2.05, 4.69) is 67.7 Å². The summed E-state index contributed by atoms with van der Waals surface area (Å²) in [4.78, 5) is 0. The van der Waals surface area contributed by atoms with Crippen LogP contribution in [-0.4, -0.2) is 33.8 Å². The number of hydrogen-bond donors (Lipinski definition) is 0. The first kappa shape index (κ1) is 23.7. The molecule has 0 unspecified atom stereocenters. The lowest BCUT2D eigenvalue weighted by Crippen LogP contribution is -2.61. The van der Waals surface area contributed by atoms with Crippen LogP contribution in [0.4, 0.5) is 0 Å². The van der Waals surface area contributed by atoms with E-state index in [1.54, 1.807) is 0 Å². The summed E-state index contributed by atoms with van der Waals surface area (Å²) in [5, 5.41) is 0. The van der Waals surface area contributed by atoms with Gasteiger partial charge in [0.1, 0.15) is 0 Å². The highest BCUT2D eigenvalue weighted by Crippen LogP contribution is 2.32. The van der Waals surface area contributed by atoms with Crippen molar-refractivity contribution in [3.8, 4) is 0 Å². The fourth-order valence-electron chi connectivity index (χ4n) is 2.59. The van der Waals surface area contributed by atoms with Crippen LogP contribution in [0.1, 0.15) is 41.5 Å². The molecule has 0 N–H and O–H groups in total. The fourth-order valence-corrected chi connectivity index (χ4v) is 19.9. The predicted octanol–water partition coefficient (Wildman–Crippen LogP) is 6.45. The van der Waals surface area contributed by atoms with Gasteiger partial charge in [-0.05, 0) is 55.9 Å². The van der Waals surface area contributed by atoms with Gasteiger partial charge in [0.05, 0.1) is 0 Å². The second-order valence-corrected chi connectivity index (χ2v) is 24.8. The monoisotopic (exact) mass is 394 g/mol. The number of hydrogen-bond acceptors (Lipinski definition) is 3. The van der Waals surface area contributed by atoms with Crippen LogP contribution in [0, 0.1) is 0 Å². The molecule has 140 valence electrons. The molecule has 3 nitrogen and oxygen atoms in total. The Balaban J connectivity index is 5.59. The first-order valence-electron chi connectivity index (χ1n) is 9.59. The van der Waals surface area contributed by atoms with Crippen LogP contribution in [-0.2, 0) is 12.3 Å². The van der Waals surface area contributed by atoms with Gasteiger partial charge in [-0.25, -0.2) is 0 Å². The second kappa shape index (κ2) is 9.45. The van der Waals surface area contributed by atoms with Gasteiger partial charge >= 0.3 is 8.80 Å². The molecule has 0 spiro atoms. The summed E-state index contributed by atoms with van der Waals surface area (Å²) in [6.45, 7) is 22.8. The van der Waals surface area contributed by atoms with Crippen LogP contribution >= 0.6 is 0 Å². The Morgan fingerprint density at radius 2 is 0.609 bits per heavy atom. The lowest BCUT2D eigenvalue weighted by atomic mass is 10.9. The molecule has 0 heterocycles. The molecule has 0 saturated carbocycles. The van der Waals surface area contributed by atoms with Gasteiger partial charge in [0.2, 0.25) is 0 Å². The van der Waals surface area contributed by atoms with Crippen molar-refractivity contribution < 1.29 is 12.3 Å².